The second kappa shape index (κ2) is 6.36. The van der Waals surface area contributed by atoms with E-state index >= 15 is 0 Å². The summed E-state index contributed by atoms with van der Waals surface area (Å²) in [5, 5.41) is 5.15. The molecule has 1 unspecified atom stereocenters. The minimum atomic E-state index is -3.42. The zero-order chi connectivity index (χ0) is 15.7. The highest BCUT2D eigenvalue weighted by Crippen LogP contribution is 2.38. The van der Waals surface area contributed by atoms with Crippen LogP contribution in [0.1, 0.15) is 50.5 Å². The Morgan fingerprint density at radius 2 is 2.14 bits per heavy atom. The first-order valence-corrected chi connectivity index (χ1v) is 9.91. The van der Waals surface area contributed by atoms with Crippen LogP contribution >= 0.6 is 11.3 Å². The summed E-state index contributed by atoms with van der Waals surface area (Å²) in [6.07, 6.45) is 2.92. The number of hydrogen-bond acceptors (Lipinski definition) is 4. The van der Waals surface area contributed by atoms with Crippen molar-refractivity contribution in [2.75, 3.05) is 6.54 Å². The third-order valence-electron chi connectivity index (χ3n) is 4.08. The largest absolute Gasteiger partial charge is 0.312 e. The first-order valence-electron chi connectivity index (χ1n) is 7.55. The first kappa shape index (κ1) is 16.9. The van der Waals surface area contributed by atoms with E-state index in [1.165, 1.54) is 11.3 Å². The molecule has 6 heteroatoms. The van der Waals surface area contributed by atoms with Crippen LogP contribution in [0.5, 0.6) is 0 Å². The Bertz CT molecular complexity index is 591. The Kier molecular flexibility index (Phi) is 5.13. The van der Waals surface area contributed by atoms with Crippen LogP contribution in [0.15, 0.2) is 10.3 Å². The molecular weight excluding hydrogens is 304 g/mol. The summed E-state index contributed by atoms with van der Waals surface area (Å²) in [5.41, 5.74) is 1.08. The number of thiophene rings is 1. The second-order valence-corrected chi connectivity index (χ2v) is 9.29. The molecule has 0 saturated heterocycles. The van der Waals surface area contributed by atoms with Gasteiger partial charge >= 0.3 is 0 Å². The van der Waals surface area contributed by atoms with Gasteiger partial charge in [0.05, 0.1) is 0 Å². The molecule has 0 aliphatic heterocycles. The first-order chi connectivity index (χ1) is 9.75. The molecule has 1 fully saturated rings. The van der Waals surface area contributed by atoms with Crippen molar-refractivity contribution in [1.82, 2.24) is 10.0 Å². The Morgan fingerprint density at radius 3 is 2.71 bits per heavy atom. The number of nitrogens with one attached hydrogen (secondary N) is 2. The summed E-state index contributed by atoms with van der Waals surface area (Å²) >= 11 is 1.52. The average Bonchev–Trinajstić information content (AvgIpc) is 2.89. The van der Waals surface area contributed by atoms with Crippen molar-refractivity contribution in [1.29, 1.82) is 0 Å². The lowest BCUT2D eigenvalue weighted by Gasteiger charge is -2.18. The zero-order valence-corrected chi connectivity index (χ0v) is 15.0. The van der Waals surface area contributed by atoms with E-state index in [4.69, 9.17) is 0 Å². The van der Waals surface area contributed by atoms with Crippen LogP contribution in [0.25, 0.3) is 0 Å². The summed E-state index contributed by atoms with van der Waals surface area (Å²) in [5.74, 6) is 0. The van der Waals surface area contributed by atoms with E-state index in [-0.39, 0.29) is 11.5 Å². The van der Waals surface area contributed by atoms with Gasteiger partial charge in [0.1, 0.15) is 4.90 Å². The molecule has 1 aliphatic carbocycles. The van der Waals surface area contributed by atoms with Crippen LogP contribution < -0.4 is 10.0 Å². The molecule has 2 N–H and O–H groups in total. The molecular formula is C15H26N2O2S2. The third-order valence-corrected chi connectivity index (χ3v) is 7.07. The summed E-state index contributed by atoms with van der Waals surface area (Å²) in [6, 6.07) is 0.0660. The number of rotatable bonds is 6. The molecule has 0 amide bonds. The van der Waals surface area contributed by atoms with Crippen molar-refractivity contribution in [3.8, 4) is 0 Å². The summed E-state index contributed by atoms with van der Waals surface area (Å²) in [6.45, 7) is 9.75. The predicted octanol–water partition coefficient (Wildman–Crippen LogP) is 3.02. The van der Waals surface area contributed by atoms with E-state index in [0.717, 1.165) is 36.2 Å². The third kappa shape index (κ3) is 4.06. The molecule has 1 saturated carbocycles. The molecule has 0 bridgehead atoms. The predicted molar refractivity (Wildman–Crippen MR) is 88.2 cm³/mol. The monoisotopic (exact) mass is 330 g/mol. The smallest absolute Gasteiger partial charge is 0.242 e. The van der Waals surface area contributed by atoms with Crippen molar-refractivity contribution < 1.29 is 8.42 Å². The number of sulfonamides is 1. The maximum Gasteiger partial charge on any atom is 0.242 e. The summed E-state index contributed by atoms with van der Waals surface area (Å²) in [7, 11) is -3.42. The number of aryl methyl sites for hydroxylation is 1. The molecule has 2 rings (SSSR count). The highest BCUT2D eigenvalue weighted by molar-refractivity contribution is 7.89. The molecule has 0 radical (unpaired) electrons. The standard InChI is InChI=1S/C15H26N2O2S2/c1-5-16-9-13-14(11(2)10-20-13)21(18,19)17-12-6-7-15(3,4)8-12/h10,12,16-17H,5-9H2,1-4H3. The Balaban J connectivity index is 2.18. The molecule has 1 atom stereocenters. The zero-order valence-electron chi connectivity index (χ0n) is 13.3. The molecule has 1 aromatic rings. The van der Waals surface area contributed by atoms with Gasteiger partial charge in [0.25, 0.3) is 0 Å². The highest BCUT2D eigenvalue weighted by Gasteiger charge is 2.34. The SMILES string of the molecule is CCNCc1scc(C)c1S(=O)(=O)NC1CCC(C)(C)C1. The van der Waals surface area contributed by atoms with Gasteiger partial charge in [0.15, 0.2) is 0 Å². The van der Waals surface area contributed by atoms with Crippen molar-refractivity contribution >= 4 is 21.4 Å². The van der Waals surface area contributed by atoms with Crippen molar-refractivity contribution in [2.45, 2.75) is 64.4 Å². The van der Waals surface area contributed by atoms with Gasteiger partial charge in [-0.2, -0.15) is 0 Å². The van der Waals surface area contributed by atoms with E-state index in [0.29, 0.717) is 11.4 Å². The van der Waals surface area contributed by atoms with Gasteiger partial charge in [-0.15, -0.1) is 11.3 Å². The second-order valence-electron chi connectivity index (χ2n) is 6.68. The van der Waals surface area contributed by atoms with Crippen molar-refractivity contribution in [3.63, 3.8) is 0 Å². The van der Waals surface area contributed by atoms with Gasteiger partial charge in [-0.25, -0.2) is 13.1 Å². The molecule has 21 heavy (non-hydrogen) atoms. The molecule has 4 nitrogen and oxygen atoms in total. The van der Waals surface area contributed by atoms with E-state index in [9.17, 15) is 8.42 Å². The molecule has 0 aromatic carbocycles. The van der Waals surface area contributed by atoms with Crippen LogP contribution in [0, 0.1) is 12.3 Å². The maximum atomic E-state index is 12.7. The lowest BCUT2D eigenvalue weighted by atomic mass is 9.92. The van der Waals surface area contributed by atoms with Crippen molar-refractivity contribution in [2.24, 2.45) is 5.41 Å². The van der Waals surface area contributed by atoms with Gasteiger partial charge < -0.3 is 5.32 Å². The van der Waals surface area contributed by atoms with E-state index in [2.05, 4.69) is 23.9 Å². The summed E-state index contributed by atoms with van der Waals surface area (Å²) < 4.78 is 28.4. The van der Waals surface area contributed by atoms with Crippen LogP contribution in [0.3, 0.4) is 0 Å². The Morgan fingerprint density at radius 1 is 1.43 bits per heavy atom. The topological polar surface area (TPSA) is 58.2 Å². The lowest BCUT2D eigenvalue weighted by Crippen LogP contribution is -2.34. The van der Waals surface area contributed by atoms with Crippen LogP contribution in [-0.4, -0.2) is 21.0 Å². The quantitative estimate of drug-likeness (QED) is 0.843. The highest BCUT2D eigenvalue weighted by atomic mass is 32.2. The van der Waals surface area contributed by atoms with Crippen LogP contribution in [0.2, 0.25) is 0 Å². The minimum absolute atomic E-state index is 0.0660. The molecule has 1 aromatic heterocycles. The van der Waals surface area contributed by atoms with Crippen LogP contribution in [0.4, 0.5) is 0 Å². The average molecular weight is 331 g/mol. The van der Waals surface area contributed by atoms with Crippen molar-refractivity contribution in [3.05, 3.63) is 15.8 Å². The summed E-state index contributed by atoms with van der Waals surface area (Å²) in [4.78, 5) is 1.39. The number of hydrogen-bond donors (Lipinski definition) is 2. The van der Waals surface area contributed by atoms with Gasteiger partial charge in [0.2, 0.25) is 10.0 Å². The van der Waals surface area contributed by atoms with E-state index in [1.807, 2.05) is 19.2 Å². The molecule has 0 spiro atoms. The Labute approximate surface area is 132 Å². The minimum Gasteiger partial charge on any atom is -0.312 e. The normalized spacial score (nSPS) is 21.8. The van der Waals surface area contributed by atoms with Gasteiger partial charge in [-0.3, -0.25) is 0 Å². The Hall–Kier alpha value is -0.430. The maximum absolute atomic E-state index is 12.7. The molecule has 1 aliphatic rings. The van der Waals surface area contributed by atoms with Crippen LogP contribution in [-0.2, 0) is 16.6 Å². The van der Waals surface area contributed by atoms with Gasteiger partial charge in [0, 0.05) is 17.5 Å². The van der Waals surface area contributed by atoms with E-state index in [1.54, 1.807) is 0 Å². The molecule has 1 heterocycles. The lowest BCUT2D eigenvalue weighted by molar-refractivity contribution is 0.372. The van der Waals surface area contributed by atoms with Gasteiger partial charge in [-0.05, 0) is 49.1 Å². The van der Waals surface area contributed by atoms with E-state index < -0.39 is 10.0 Å². The fourth-order valence-electron chi connectivity index (χ4n) is 3.02. The fraction of sp³-hybridized carbons (Fsp3) is 0.733. The van der Waals surface area contributed by atoms with Gasteiger partial charge in [-0.1, -0.05) is 20.8 Å². The molecule has 120 valence electrons. The fourth-order valence-corrected chi connectivity index (χ4v) is 6.07.